The summed E-state index contributed by atoms with van der Waals surface area (Å²) >= 11 is -1.65. The summed E-state index contributed by atoms with van der Waals surface area (Å²) in [6, 6.07) is 44.8. The molecule has 0 fully saturated rings. The van der Waals surface area contributed by atoms with Gasteiger partial charge in [-0.3, -0.25) is 0 Å². The van der Waals surface area contributed by atoms with Gasteiger partial charge in [0.2, 0.25) is 0 Å². The zero-order valence-corrected chi connectivity index (χ0v) is 50.7. The van der Waals surface area contributed by atoms with Gasteiger partial charge in [0.15, 0.2) is 0 Å². The maximum atomic E-state index is 6.03. The summed E-state index contributed by atoms with van der Waals surface area (Å²) in [6.45, 7) is 32.7. The van der Waals surface area contributed by atoms with Crippen LogP contribution in [-0.2, 0) is 30.8 Å². The topological polar surface area (TPSA) is 26.3 Å². The number of rotatable bonds is 8. The first-order chi connectivity index (χ1) is 33.2. The van der Waals surface area contributed by atoms with Gasteiger partial charge < -0.3 is 8.83 Å². The Morgan fingerprint density at radius 2 is 0.843 bits per heavy atom. The molecule has 70 heavy (non-hydrogen) atoms. The predicted molar refractivity (Wildman–Crippen MR) is 313 cm³/mol. The van der Waals surface area contributed by atoms with Crippen molar-refractivity contribution in [3.8, 4) is 44.9 Å². The van der Waals surface area contributed by atoms with Crippen molar-refractivity contribution in [3.05, 3.63) is 167 Å². The van der Waals surface area contributed by atoms with Crippen LogP contribution in [0.5, 0.6) is 0 Å². The van der Waals surface area contributed by atoms with Gasteiger partial charge >= 0.3 is 53.5 Å². The molecule has 2 nitrogen and oxygen atoms in total. The van der Waals surface area contributed by atoms with Crippen LogP contribution < -0.4 is 10.4 Å². The van der Waals surface area contributed by atoms with E-state index in [1.807, 2.05) is 12.5 Å². The van der Waals surface area contributed by atoms with Crippen LogP contribution in [0.1, 0.15) is 47.2 Å². The SMILES string of the molecule is CCc1ccc2[cH-]c(-c3occ4ccccc34)cc2c1-c1cc(C)c([Si](C)(C)C)c(C)c1.CCc1ccc2[cH-]c(-c3occ4ccccc34)cc2c1-c1cc(C)c([Si](C)(C)C)c(C)c1.C[Si](C)=[Zr]([Cl])[Cl]. The zero-order valence-electron chi connectivity index (χ0n) is 43.7. The molecule has 0 aliphatic heterocycles. The molecule has 0 saturated carbocycles. The van der Waals surface area contributed by atoms with Gasteiger partial charge in [0, 0.05) is 10.8 Å². The Labute approximate surface area is 434 Å². The Balaban J connectivity index is 0.000000169. The second-order valence-corrected chi connectivity index (χ2v) is 54.4. The molecule has 2 aromatic heterocycles. The number of halogens is 2. The molecule has 0 N–H and O–H groups in total. The third-order valence-corrected chi connectivity index (χ3v) is 38.1. The van der Waals surface area contributed by atoms with Gasteiger partial charge in [0.05, 0.1) is 40.2 Å². The molecule has 0 atom stereocenters. The number of hydrogen-bond acceptors (Lipinski definition) is 2. The van der Waals surface area contributed by atoms with Gasteiger partial charge in [0.25, 0.3) is 0 Å². The van der Waals surface area contributed by atoms with Gasteiger partial charge in [-0.2, -0.15) is 0 Å². The molecule has 0 saturated heterocycles. The van der Waals surface area contributed by atoms with E-state index in [0.29, 0.717) is 0 Å². The standard InChI is InChI=1S/2C30H31OSi.C2H6Si.2ClH.Zr/c2*1-7-21-12-13-22-16-25(29-26-11-9-8-10-23(26)18-31-29)17-27(22)28(21)24-14-19(2)30(20(3)15-24)32(4,5)6;1-3-2;;;/h2*8-18H,7H2,1-6H3;1-2H3;2*1H;/q2*-1;;;;+2/p-2. The van der Waals surface area contributed by atoms with Crippen molar-refractivity contribution >= 4 is 92.1 Å². The molecule has 2 heterocycles. The summed E-state index contributed by atoms with van der Waals surface area (Å²) in [4.78, 5) is 0. The fourth-order valence-corrected chi connectivity index (χ4v) is 16.2. The second kappa shape index (κ2) is 21.1. The molecule has 0 amide bonds. The molecule has 8 heteroatoms. The number of hydrogen-bond donors (Lipinski definition) is 0. The van der Waals surface area contributed by atoms with Gasteiger partial charge in [-0.15, -0.1) is 57.9 Å². The Kier molecular flexibility index (Phi) is 15.7. The molecule has 0 radical (unpaired) electrons. The molecule has 10 rings (SSSR count). The number of aryl methyl sites for hydroxylation is 6. The molecule has 0 unspecified atom stereocenters. The summed E-state index contributed by atoms with van der Waals surface area (Å²) in [6.07, 6.45) is 5.76. The van der Waals surface area contributed by atoms with Crippen molar-refractivity contribution in [1.29, 1.82) is 0 Å². The summed E-state index contributed by atoms with van der Waals surface area (Å²) in [5, 5.41) is 13.0. The van der Waals surface area contributed by atoms with E-state index >= 15 is 0 Å². The molecule has 0 aliphatic rings. The van der Waals surface area contributed by atoms with E-state index in [9.17, 15) is 0 Å². The summed E-state index contributed by atoms with van der Waals surface area (Å²) < 4.78 is 12.1. The maximum absolute atomic E-state index is 6.03. The van der Waals surface area contributed by atoms with E-state index in [-0.39, 0.29) is 5.43 Å². The summed E-state index contributed by atoms with van der Waals surface area (Å²) in [5.74, 6) is 1.92. The average Bonchev–Trinajstić information content (AvgIpc) is 4.11. The summed E-state index contributed by atoms with van der Waals surface area (Å²) in [5.41, 5.74) is 16.0. The first-order valence-corrected chi connectivity index (χ1v) is 44.3. The van der Waals surface area contributed by atoms with E-state index < -0.39 is 34.1 Å². The molecular weight excluding hydrogens is 1020 g/mol. The Morgan fingerprint density at radius 1 is 0.500 bits per heavy atom. The Bertz CT molecular complexity index is 3300. The van der Waals surface area contributed by atoms with Crippen LogP contribution in [0.3, 0.4) is 0 Å². The quantitative estimate of drug-likeness (QED) is 0.112. The normalized spacial score (nSPS) is 11.8. The molecule has 0 spiro atoms. The molecule has 0 bridgehead atoms. The third kappa shape index (κ3) is 10.6. The summed E-state index contributed by atoms with van der Waals surface area (Å²) in [7, 11) is 8.45. The van der Waals surface area contributed by atoms with Gasteiger partial charge in [-0.05, 0) is 73.6 Å². The minimum atomic E-state index is -1.65. The minimum absolute atomic E-state index is 0.224. The molecule has 10 aromatic rings. The van der Waals surface area contributed by atoms with Gasteiger partial charge in [0.1, 0.15) is 0 Å². The fourth-order valence-electron chi connectivity index (χ4n) is 11.2. The number of fused-ring (bicyclic) bond motifs is 4. The van der Waals surface area contributed by atoms with E-state index in [0.717, 1.165) is 46.3 Å². The number of furan rings is 2. The molecule has 8 aromatic carbocycles. The average molecular weight is 1090 g/mol. The van der Waals surface area contributed by atoms with E-state index in [4.69, 9.17) is 25.9 Å². The van der Waals surface area contributed by atoms with Crippen LogP contribution in [0, 0.1) is 27.7 Å². The van der Waals surface area contributed by atoms with Crippen LogP contribution in [0.15, 0.2) is 143 Å². The fraction of sp³-hybridized carbons (Fsp3) is 0.258. The van der Waals surface area contributed by atoms with Gasteiger partial charge in [-0.25, -0.2) is 0 Å². The van der Waals surface area contributed by atoms with Crippen molar-refractivity contribution in [2.24, 2.45) is 0 Å². The predicted octanol–water partition coefficient (Wildman–Crippen LogP) is 18.9. The van der Waals surface area contributed by atoms with Crippen LogP contribution in [0.4, 0.5) is 0 Å². The van der Waals surface area contributed by atoms with Crippen molar-refractivity contribution in [3.63, 3.8) is 0 Å². The van der Waals surface area contributed by atoms with Crippen LogP contribution >= 0.6 is 17.0 Å². The molecule has 0 aliphatic carbocycles. The van der Waals surface area contributed by atoms with E-state index in [1.165, 1.54) is 88.0 Å². The van der Waals surface area contributed by atoms with Crippen LogP contribution in [0.25, 0.3) is 88.0 Å². The molecular formula is C62H68Cl2O2Si3Zr-2. The monoisotopic (exact) mass is 1090 g/mol. The van der Waals surface area contributed by atoms with Crippen molar-refractivity contribution in [1.82, 2.24) is 0 Å². The Morgan fingerprint density at radius 3 is 1.16 bits per heavy atom. The first kappa shape index (κ1) is 52.1. The van der Waals surface area contributed by atoms with Crippen molar-refractivity contribution in [2.45, 2.75) is 107 Å². The van der Waals surface area contributed by atoms with Crippen molar-refractivity contribution < 1.29 is 26.8 Å². The Hall–Kier alpha value is -4.27. The first-order valence-electron chi connectivity index (χ1n) is 24.8. The van der Waals surface area contributed by atoms with Crippen molar-refractivity contribution in [2.75, 3.05) is 0 Å². The van der Waals surface area contributed by atoms with Crippen LogP contribution in [0.2, 0.25) is 52.4 Å². The van der Waals surface area contributed by atoms with Gasteiger partial charge in [-0.1, -0.05) is 193 Å². The number of benzene rings is 6. The van der Waals surface area contributed by atoms with Crippen LogP contribution in [-0.4, -0.2) is 21.6 Å². The second-order valence-electron chi connectivity index (χ2n) is 21.4. The van der Waals surface area contributed by atoms with E-state index in [2.05, 4.69) is 215 Å². The molecule has 360 valence electrons. The third-order valence-electron chi connectivity index (χ3n) is 13.8. The van der Waals surface area contributed by atoms with E-state index in [1.54, 1.807) is 10.4 Å². The zero-order chi connectivity index (χ0) is 50.4.